The fraction of sp³-hybridized carbons (Fsp3) is 0.222. The number of benzene rings is 3. The zero-order valence-corrected chi connectivity index (χ0v) is 18.4. The van der Waals surface area contributed by atoms with Gasteiger partial charge in [0.15, 0.2) is 0 Å². The highest BCUT2D eigenvalue weighted by atomic mass is 16.5. The Kier molecular flexibility index (Phi) is 5.53. The maximum Gasteiger partial charge on any atom is 0.411 e. The Balaban J connectivity index is 1.21. The minimum atomic E-state index is -1.08. The second-order valence-corrected chi connectivity index (χ2v) is 8.69. The van der Waals surface area contributed by atoms with E-state index in [4.69, 9.17) is 9.84 Å². The fourth-order valence-electron chi connectivity index (χ4n) is 4.72. The van der Waals surface area contributed by atoms with E-state index in [9.17, 15) is 14.4 Å². The van der Waals surface area contributed by atoms with Crippen LogP contribution in [0.15, 0.2) is 72.8 Å². The number of fused-ring (bicyclic) bond motifs is 3. The molecule has 1 saturated carbocycles. The number of nitrogens with one attached hydrogen (secondary N) is 2. The van der Waals surface area contributed by atoms with E-state index in [0.717, 1.165) is 16.7 Å². The van der Waals surface area contributed by atoms with E-state index >= 15 is 0 Å². The van der Waals surface area contributed by atoms with Gasteiger partial charge >= 0.3 is 12.1 Å². The van der Waals surface area contributed by atoms with Gasteiger partial charge in [-0.25, -0.2) is 4.79 Å². The highest BCUT2D eigenvalue weighted by molar-refractivity contribution is 5.93. The minimum Gasteiger partial charge on any atom is -0.480 e. The first-order valence-electron chi connectivity index (χ1n) is 11.2. The van der Waals surface area contributed by atoms with Crippen molar-refractivity contribution in [1.82, 2.24) is 5.32 Å². The van der Waals surface area contributed by atoms with Crippen molar-refractivity contribution in [3.8, 4) is 11.1 Å². The number of carbonyl (C=O) groups excluding carboxylic acids is 2. The lowest BCUT2D eigenvalue weighted by Gasteiger charge is -2.16. The van der Waals surface area contributed by atoms with Gasteiger partial charge in [0.2, 0.25) is 5.91 Å². The zero-order chi connectivity index (χ0) is 23.7. The van der Waals surface area contributed by atoms with Crippen molar-refractivity contribution in [3.63, 3.8) is 0 Å². The largest absolute Gasteiger partial charge is 0.480 e. The quantitative estimate of drug-likeness (QED) is 0.492. The number of carboxylic acids is 1. The molecule has 3 aromatic carbocycles. The third-order valence-electron chi connectivity index (χ3n) is 6.61. The molecule has 0 radical (unpaired) electrons. The monoisotopic (exact) mass is 456 g/mol. The maximum atomic E-state index is 12.5. The molecule has 3 N–H and O–H groups in total. The molecule has 0 aliphatic heterocycles. The van der Waals surface area contributed by atoms with Crippen molar-refractivity contribution >= 4 is 23.7 Å². The summed E-state index contributed by atoms with van der Waals surface area (Å²) in [7, 11) is 0. The lowest BCUT2D eigenvalue weighted by molar-refractivity contribution is -0.138. The molecule has 0 atom stereocenters. The maximum absolute atomic E-state index is 12.5. The van der Waals surface area contributed by atoms with Crippen LogP contribution in [-0.4, -0.2) is 36.2 Å². The van der Waals surface area contributed by atoms with Crippen LogP contribution in [0.1, 0.15) is 35.4 Å². The highest BCUT2D eigenvalue weighted by Crippen LogP contribution is 2.48. The third kappa shape index (κ3) is 4.01. The second-order valence-electron chi connectivity index (χ2n) is 8.69. The van der Waals surface area contributed by atoms with Gasteiger partial charge in [0.1, 0.15) is 13.2 Å². The molecule has 34 heavy (non-hydrogen) atoms. The zero-order valence-electron chi connectivity index (χ0n) is 18.4. The van der Waals surface area contributed by atoms with Gasteiger partial charge in [-0.2, -0.15) is 0 Å². The number of aliphatic carboxylic acids is 1. The average Bonchev–Trinajstić information content (AvgIpc) is 3.60. The van der Waals surface area contributed by atoms with E-state index in [-0.39, 0.29) is 18.4 Å². The summed E-state index contributed by atoms with van der Waals surface area (Å²) in [5, 5.41) is 14.0. The number of carbonyl (C=O) groups is 3. The van der Waals surface area contributed by atoms with Crippen LogP contribution in [-0.2, 0) is 19.7 Å². The van der Waals surface area contributed by atoms with Crippen LogP contribution >= 0.6 is 0 Å². The standard InChI is InChI=1S/C27H24N2O5/c30-24(31)15-28-25(32)27(13-14-27)17-9-11-18(12-10-17)29-26(33)34-16-23-21-7-3-1-5-19(21)20-6-2-4-8-22(20)23/h1-12,23H,13-16H2,(H,28,32)(H,29,33)(H,30,31). The Labute approximate surface area is 196 Å². The third-order valence-corrected chi connectivity index (χ3v) is 6.61. The van der Waals surface area contributed by atoms with E-state index in [2.05, 4.69) is 34.9 Å². The Morgan fingerprint density at radius 3 is 2.03 bits per heavy atom. The molecule has 0 unspecified atom stereocenters. The molecular weight excluding hydrogens is 432 g/mol. The Hall–Kier alpha value is -4.13. The lowest BCUT2D eigenvalue weighted by Crippen LogP contribution is -2.37. The first kappa shape index (κ1) is 21.7. The van der Waals surface area contributed by atoms with Crippen LogP contribution in [0.3, 0.4) is 0 Å². The summed E-state index contributed by atoms with van der Waals surface area (Å²) in [5.41, 5.74) is 5.32. The molecule has 1 fully saturated rings. The van der Waals surface area contributed by atoms with Gasteiger partial charge in [-0.15, -0.1) is 0 Å². The number of anilines is 1. The summed E-state index contributed by atoms with van der Waals surface area (Å²) in [4.78, 5) is 35.6. The Morgan fingerprint density at radius 2 is 1.47 bits per heavy atom. The number of ether oxygens (including phenoxy) is 1. The van der Waals surface area contributed by atoms with Crippen molar-refractivity contribution in [2.24, 2.45) is 0 Å². The van der Waals surface area contributed by atoms with Crippen molar-refractivity contribution in [1.29, 1.82) is 0 Å². The molecule has 0 bridgehead atoms. The predicted octanol–water partition coefficient (Wildman–Crippen LogP) is 4.28. The summed E-state index contributed by atoms with van der Waals surface area (Å²) in [6.07, 6.45) is 0.782. The smallest absolute Gasteiger partial charge is 0.411 e. The molecular formula is C27H24N2O5. The summed E-state index contributed by atoms with van der Waals surface area (Å²) >= 11 is 0. The minimum absolute atomic E-state index is 0.0143. The van der Waals surface area contributed by atoms with Crippen LogP contribution in [0.5, 0.6) is 0 Å². The Morgan fingerprint density at radius 1 is 0.882 bits per heavy atom. The van der Waals surface area contributed by atoms with Gasteiger partial charge in [0.05, 0.1) is 5.41 Å². The number of hydrogen-bond acceptors (Lipinski definition) is 4. The first-order valence-corrected chi connectivity index (χ1v) is 11.2. The molecule has 7 nitrogen and oxygen atoms in total. The number of rotatable bonds is 7. The Bertz CT molecular complexity index is 1220. The van der Waals surface area contributed by atoms with Gasteiger partial charge in [-0.3, -0.25) is 14.9 Å². The van der Waals surface area contributed by atoms with Crippen LogP contribution in [0.4, 0.5) is 10.5 Å². The lowest BCUT2D eigenvalue weighted by atomic mass is 9.94. The number of amides is 2. The van der Waals surface area contributed by atoms with E-state index in [1.165, 1.54) is 11.1 Å². The molecule has 0 heterocycles. The van der Waals surface area contributed by atoms with Gasteiger partial charge in [0.25, 0.3) is 0 Å². The van der Waals surface area contributed by atoms with Crippen molar-refractivity contribution < 1.29 is 24.2 Å². The van der Waals surface area contributed by atoms with Crippen LogP contribution in [0.2, 0.25) is 0 Å². The average molecular weight is 456 g/mol. The van der Waals surface area contributed by atoms with Crippen LogP contribution in [0.25, 0.3) is 11.1 Å². The summed E-state index contributed by atoms with van der Waals surface area (Å²) < 4.78 is 5.58. The van der Waals surface area contributed by atoms with Crippen LogP contribution < -0.4 is 10.6 Å². The van der Waals surface area contributed by atoms with Gasteiger partial charge in [-0.1, -0.05) is 60.7 Å². The van der Waals surface area contributed by atoms with Gasteiger partial charge in [-0.05, 0) is 52.8 Å². The molecule has 7 heteroatoms. The summed E-state index contributed by atoms with van der Waals surface area (Å²) in [6, 6.07) is 23.3. The second kappa shape index (κ2) is 8.67. The molecule has 2 amide bonds. The van der Waals surface area contributed by atoms with Crippen molar-refractivity contribution in [2.45, 2.75) is 24.2 Å². The number of hydrogen-bond donors (Lipinski definition) is 3. The van der Waals surface area contributed by atoms with E-state index in [0.29, 0.717) is 18.5 Å². The SMILES string of the molecule is O=C(O)CNC(=O)C1(c2ccc(NC(=O)OCC3c4ccccc4-c4ccccc43)cc2)CC1. The molecule has 0 aromatic heterocycles. The topological polar surface area (TPSA) is 105 Å². The molecule has 0 spiro atoms. The fourth-order valence-corrected chi connectivity index (χ4v) is 4.72. The molecule has 2 aliphatic rings. The molecule has 172 valence electrons. The van der Waals surface area contributed by atoms with E-state index < -0.39 is 24.0 Å². The molecule has 0 saturated heterocycles. The summed E-state index contributed by atoms with van der Waals surface area (Å²) in [6.45, 7) is -0.174. The van der Waals surface area contributed by atoms with E-state index in [1.54, 1.807) is 24.3 Å². The molecule has 2 aliphatic carbocycles. The van der Waals surface area contributed by atoms with E-state index in [1.807, 2.05) is 24.3 Å². The van der Waals surface area contributed by atoms with Crippen molar-refractivity contribution in [3.05, 3.63) is 89.5 Å². The highest BCUT2D eigenvalue weighted by Gasteiger charge is 2.51. The molecule has 3 aromatic rings. The predicted molar refractivity (Wildman–Crippen MR) is 127 cm³/mol. The number of carboxylic acid groups (broad SMARTS) is 1. The van der Waals surface area contributed by atoms with Gasteiger partial charge in [0, 0.05) is 11.6 Å². The normalized spacial score (nSPS) is 15.1. The molecule has 5 rings (SSSR count). The van der Waals surface area contributed by atoms with Crippen LogP contribution in [0, 0.1) is 0 Å². The first-order chi connectivity index (χ1) is 16.5. The van der Waals surface area contributed by atoms with Crippen molar-refractivity contribution in [2.75, 3.05) is 18.5 Å². The van der Waals surface area contributed by atoms with Gasteiger partial charge < -0.3 is 15.2 Å². The summed E-state index contributed by atoms with van der Waals surface area (Å²) in [5.74, 6) is -1.38.